The van der Waals surface area contributed by atoms with Gasteiger partial charge in [-0.1, -0.05) is 43.6 Å². The summed E-state index contributed by atoms with van der Waals surface area (Å²) in [5, 5.41) is 1.98. The Bertz CT molecular complexity index is 1260. The summed E-state index contributed by atoms with van der Waals surface area (Å²) in [5.74, 6) is 0.948. The van der Waals surface area contributed by atoms with E-state index >= 15 is 0 Å². The van der Waals surface area contributed by atoms with Crippen LogP contribution < -0.4 is 4.57 Å². The van der Waals surface area contributed by atoms with Gasteiger partial charge in [0.2, 0.25) is 5.69 Å². The zero-order chi connectivity index (χ0) is 20.0. The number of pyridine rings is 2. The molecule has 0 aliphatic rings. The SMILES string of the molecule is [C-]#[N+]c1ccc2c(n1)oc1c(-c3cc(CC(C)C)c(C)c[n+]3C)c(C)ccc12. The zero-order valence-corrected chi connectivity index (χ0v) is 17.0. The highest BCUT2D eigenvalue weighted by molar-refractivity contribution is 6.09. The third kappa shape index (κ3) is 2.93. The predicted molar refractivity (Wildman–Crippen MR) is 112 cm³/mol. The van der Waals surface area contributed by atoms with Crippen LogP contribution in [-0.4, -0.2) is 4.98 Å². The highest BCUT2D eigenvalue weighted by Gasteiger charge is 2.23. The number of hydrogen-bond acceptors (Lipinski definition) is 2. The quantitative estimate of drug-likeness (QED) is 0.335. The Morgan fingerprint density at radius 3 is 2.57 bits per heavy atom. The smallest absolute Gasteiger partial charge is 0.322 e. The van der Waals surface area contributed by atoms with Crippen LogP contribution in [0.25, 0.3) is 38.2 Å². The van der Waals surface area contributed by atoms with E-state index in [2.05, 4.69) is 73.5 Å². The highest BCUT2D eigenvalue weighted by Crippen LogP contribution is 2.37. The molecule has 0 atom stereocenters. The topological polar surface area (TPSA) is 34.3 Å². The number of hydrogen-bond donors (Lipinski definition) is 0. The average Bonchev–Trinajstić information content (AvgIpc) is 3.01. The van der Waals surface area contributed by atoms with E-state index < -0.39 is 0 Å². The first-order valence-electron chi connectivity index (χ1n) is 9.59. The van der Waals surface area contributed by atoms with Gasteiger partial charge in [-0.05, 0) is 43.4 Å². The summed E-state index contributed by atoms with van der Waals surface area (Å²) in [6, 6.07) is 10.2. The number of fused-ring (bicyclic) bond motifs is 3. The Morgan fingerprint density at radius 2 is 1.86 bits per heavy atom. The maximum absolute atomic E-state index is 7.21. The van der Waals surface area contributed by atoms with Gasteiger partial charge in [0.05, 0.1) is 10.9 Å². The molecule has 4 rings (SSSR count). The minimum absolute atomic E-state index is 0.352. The lowest BCUT2D eigenvalue weighted by atomic mass is 9.95. The molecule has 3 heterocycles. The number of benzene rings is 1. The van der Waals surface area contributed by atoms with Crippen LogP contribution in [0.5, 0.6) is 0 Å². The van der Waals surface area contributed by atoms with Gasteiger partial charge in [0.1, 0.15) is 7.05 Å². The summed E-state index contributed by atoms with van der Waals surface area (Å²) in [4.78, 5) is 7.79. The molecule has 0 saturated heterocycles. The molecule has 0 bridgehead atoms. The van der Waals surface area contributed by atoms with Gasteiger partial charge in [-0.15, -0.1) is 0 Å². The van der Waals surface area contributed by atoms with Crippen molar-refractivity contribution in [1.82, 2.24) is 4.98 Å². The van der Waals surface area contributed by atoms with Crippen LogP contribution >= 0.6 is 0 Å². The monoisotopic (exact) mass is 370 g/mol. The molecule has 4 nitrogen and oxygen atoms in total. The molecule has 4 aromatic rings. The minimum Gasteiger partial charge on any atom is -0.419 e. The van der Waals surface area contributed by atoms with Crippen LogP contribution in [0.2, 0.25) is 0 Å². The molecule has 0 radical (unpaired) electrons. The van der Waals surface area contributed by atoms with Crippen molar-refractivity contribution in [3.63, 3.8) is 0 Å². The maximum Gasteiger partial charge on any atom is 0.322 e. The summed E-state index contributed by atoms with van der Waals surface area (Å²) in [7, 11) is 2.08. The Balaban J connectivity index is 2.03. The maximum atomic E-state index is 7.21. The van der Waals surface area contributed by atoms with E-state index in [1.54, 1.807) is 6.07 Å². The fraction of sp³-hybridized carbons (Fsp3) is 0.292. The van der Waals surface area contributed by atoms with Crippen LogP contribution in [0.1, 0.15) is 30.5 Å². The third-order valence-corrected chi connectivity index (χ3v) is 5.28. The third-order valence-electron chi connectivity index (χ3n) is 5.28. The molecule has 0 amide bonds. The summed E-state index contributed by atoms with van der Waals surface area (Å²) >= 11 is 0. The first-order chi connectivity index (χ1) is 13.4. The molecule has 4 heteroatoms. The van der Waals surface area contributed by atoms with E-state index in [1.807, 2.05) is 6.07 Å². The lowest BCUT2D eigenvalue weighted by Crippen LogP contribution is -2.32. The second-order valence-corrected chi connectivity index (χ2v) is 7.95. The molecule has 3 aromatic heterocycles. The van der Waals surface area contributed by atoms with E-state index in [4.69, 9.17) is 11.0 Å². The van der Waals surface area contributed by atoms with Gasteiger partial charge in [0.25, 0.3) is 5.82 Å². The minimum atomic E-state index is 0.352. The molecular weight excluding hydrogens is 346 g/mol. The van der Waals surface area contributed by atoms with Crippen LogP contribution in [-0.2, 0) is 13.5 Å². The van der Waals surface area contributed by atoms with Gasteiger partial charge < -0.3 is 9.26 Å². The summed E-state index contributed by atoms with van der Waals surface area (Å²) in [6.07, 6.45) is 3.24. The number of rotatable bonds is 3. The lowest BCUT2D eigenvalue weighted by Gasteiger charge is -2.11. The van der Waals surface area contributed by atoms with E-state index in [1.165, 1.54) is 11.1 Å². The normalized spacial score (nSPS) is 11.5. The first kappa shape index (κ1) is 18.2. The van der Waals surface area contributed by atoms with Crippen molar-refractivity contribution in [1.29, 1.82) is 0 Å². The number of aryl methyl sites for hydroxylation is 3. The molecule has 0 saturated carbocycles. The van der Waals surface area contributed by atoms with Crippen molar-refractivity contribution in [3.05, 3.63) is 64.6 Å². The van der Waals surface area contributed by atoms with E-state index in [-0.39, 0.29) is 0 Å². The van der Waals surface area contributed by atoms with Crippen LogP contribution in [0, 0.1) is 26.3 Å². The van der Waals surface area contributed by atoms with E-state index in [9.17, 15) is 0 Å². The highest BCUT2D eigenvalue weighted by atomic mass is 16.3. The molecule has 0 fully saturated rings. The molecule has 140 valence electrons. The number of nitrogens with zero attached hydrogens (tertiary/aromatic N) is 3. The zero-order valence-electron chi connectivity index (χ0n) is 17.0. The van der Waals surface area contributed by atoms with Crippen LogP contribution in [0.4, 0.5) is 5.82 Å². The largest absolute Gasteiger partial charge is 0.419 e. The van der Waals surface area contributed by atoms with Crippen LogP contribution in [0.15, 0.2) is 40.9 Å². The Labute approximate surface area is 165 Å². The van der Waals surface area contributed by atoms with Crippen LogP contribution in [0.3, 0.4) is 0 Å². The van der Waals surface area contributed by atoms with Gasteiger partial charge in [0, 0.05) is 17.0 Å². The Hall–Kier alpha value is -3.19. The molecule has 0 unspecified atom stereocenters. The number of aromatic nitrogens is 2. The van der Waals surface area contributed by atoms with Gasteiger partial charge in [-0.2, -0.15) is 0 Å². The summed E-state index contributed by atoms with van der Waals surface area (Å²) in [6.45, 7) is 16.0. The van der Waals surface area contributed by atoms with Crippen molar-refractivity contribution in [2.45, 2.75) is 34.1 Å². The van der Waals surface area contributed by atoms with Gasteiger partial charge in [-0.3, -0.25) is 0 Å². The van der Waals surface area contributed by atoms with E-state index in [0.717, 1.165) is 39.6 Å². The molecule has 28 heavy (non-hydrogen) atoms. The molecular formula is C24H24N3O+. The number of furan rings is 1. The van der Waals surface area contributed by atoms with Crippen molar-refractivity contribution in [2.75, 3.05) is 0 Å². The summed E-state index contributed by atoms with van der Waals surface area (Å²) in [5.41, 5.74) is 7.40. The standard InChI is InChI=1S/C24H24N3O/c1-14(2)11-17-12-20(27(6)13-16(17)4)22-15(3)7-8-18-19-9-10-21(25-5)26-24(19)28-23(18)22/h7-10,12-14H,11H2,1-4,6H3/q+1. The fourth-order valence-electron chi connectivity index (χ4n) is 3.92. The van der Waals surface area contributed by atoms with E-state index in [0.29, 0.717) is 17.4 Å². The fourth-order valence-corrected chi connectivity index (χ4v) is 3.92. The first-order valence-corrected chi connectivity index (χ1v) is 9.59. The predicted octanol–water partition coefficient (Wildman–Crippen LogP) is 5.84. The van der Waals surface area contributed by atoms with Crippen molar-refractivity contribution >= 4 is 27.9 Å². The Kier molecular flexibility index (Phi) is 4.39. The second-order valence-electron chi connectivity index (χ2n) is 7.95. The van der Waals surface area contributed by atoms with Crippen molar-refractivity contribution in [2.24, 2.45) is 13.0 Å². The molecule has 0 aliphatic carbocycles. The van der Waals surface area contributed by atoms with Gasteiger partial charge in [-0.25, -0.2) is 4.57 Å². The molecule has 1 aromatic carbocycles. The molecule has 0 aliphatic heterocycles. The molecule has 0 N–H and O–H groups in total. The molecule has 0 spiro atoms. The van der Waals surface area contributed by atoms with Crippen molar-refractivity contribution < 1.29 is 8.98 Å². The van der Waals surface area contributed by atoms with Gasteiger partial charge in [0.15, 0.2) is 11.8 Å². The summed E-state index contributed by atoms with van der Waals surface area (Å²) < 4.78 is 8.37. The lowest BCUT2D eigenvalue weighted by molar-refractivity contribution is -0.660. The Morgan fingerprint density at radius 1 is 1.11 bits per heavy atom. The van der Waals surface area contributed by atoms with Crippen molar-refractivity contribution in [3.8, 4) is 11.3 Å². The average molecular weight is 370 g/mol. The van der Waals surface area contributed by atoms with Gasteiger partial charge >= 0.3 is 5.71 Å². The second kappa shape index (κ2) is 6.76.